The van der Waals surface area contributed by atoms with Gasteiger partial charge < -0.3 is 10.6 Å². The average molecular weight is 413 g/mol. The number of urea groups is 3. The van der Waals surface area contributed by atoms with Crippen molar-refractivity contribution in [3.8, 4) is 0 Å². The summed E-state index contributed by atoms with van der Waals surface area (Å²) in [5.74, 6) is 0.146. The molecule has 3 aromatic rings. The molecular formula is C23H19N5O3. The van der Waals surface area contributed by atoms with Gasteiger partial charge in [0.15, 0.2) is 0 Å². The van der Waals surface area contributed by atoms with E-state index in [1.165, 1.54) is 4.90 Å². The van der Waals surface area contributed by atoms with Crippen LogP contribution in [0.1, 0.15) is 0 Å². The number of para-hydroxylation sites is 3. The SMILES string of the molecule is O=C(/N=C1/CN(C(=O)Nc2ccccc2)C(=O)N1c1ccccc1)Nc1ccccc1. The summed E-state index contributed by atoms with van der Waals surface area (Å²) in [5, 5.41) is 5.34. The van der Waals surface area contributed by atoms with Crippen molar-refractivity contribution in [1.82, 2.24) is 4.90 Å². The lowest BCUT2D eigenvalue weighted by Crippen LogP contribution is -2.39. The molecule has 154 valence electrons. The second-order valence-corrected chi connectivity index (χ2v) is 6.66. The number of aliphatic imine (C=N–C) groups is 1. The fourth-order valence-electron chi connectivity index (χ4n) is 3.09. The number of amides is 6. The fourth-order valence-corrected chi connectivity index (χ4v) is 3.09. The van der Waals surface area contributed by atoms with Crippen molar-refractivity contribution < 1.29 is 14.4 Å². The number of hydrogen-bond donors (Lipinski definition) is 2. The molecule has 8 nitrogen and oxygen atoms in total. The van der Waals surface area contributed by atoms with Crippen molar-refractivity contribution in [2.24, 2.45) is 4.99 Å². The summed E-state index contributed by atoms with van der Waals surface area (Å²) in [6.45, 7) is -0.144. The first-order valence-corrected chi connectivity index (χ1v) is 9.58. The lowest BCUT2D eigenvalue weighted by molar-refractivity contribution is 0.209. The summed E-state index contributed by atoms with van der Waals surface area (Å²) in [4.78, 5) is 44.6. The number of amidine groups is 1. The van der Waals surface area contributed by atoms with E-state index in [-0.39, 0.29) is 12.4 Å². The highest BCUT2D eigenvalue weighted by molar-refractivity contribution is 6.28. The maximum Gasteiger partial charge on any atom is 0.347 e. The van der Waals surface area contributed by atoms with E-state index in [0.717, 1.165) is 4.90 Å². The zero-order valence-corrected chi connectivity index (χ0v) is 16.4. The largest absolute Gasteiger partial charge is 0.347 e. The van der Waals surface area contributed by atoms with Crippen LogP contribution >= 0.6 is 0 Å². The van der Waals surface area contributed by atoms with E-state index in [1.54, 1.807) is 72.8 Å². The maximum atomic E-state index is 13.1. The standard InChI is InChI=1S/C23H19N5O3/c29-21(24-17-10-4-1-5-11-17)26-20-16-27(22(30)25-18-12-6-2-7-13-18)23(31)28(20)19-14-8-3-9-15-19/h1-15H,16H2,(H,24,29)(H,25,30)/b26-20-. The molecule has 1 heterocycles. The van der Waals surface area contributed by atoms with E-state index in [1.807, 2.05) is 18.2 Å². The number of hydrogen-bond acceptors (Lipinski definition) is 3. The summed E-state index contributed by atoms with van der Waals surface area (Å²) < 4.78 is 0. The highest BCUT2D eigenvalue weighted by Gasteiger charge is 2.39. The molecular weight excluding hydrogens is 394 g/mol. The molecule has 0 bridgehead atoms. The Hall–Kier alpha value is -4.46. The van der Waals surface area contributed by atoms with Gasteiger partial charge in [-0.1, -0.05) is 54.6 Å². The zero-order valence-electron chi connectivity index (χ0n) is 16.4. The Bertz CT molecular complexity index is 1120. The number of carbonyl (C=O) groups is 3. The van der Waals surface area contributed by atoms with Crippen LogP contribution in [0.5, 0.6) is 0 Å². The number of benzene rings is 3. The van der Waals surface area contributed by atoms with Gasteiger partial charge in [-0.25, -0.2) is 24.2 Å². The third-order valence-corrected chi connectivity index (χ3v) is 4.52. The first-order valence-electron chi connectivity index (χ1n) is 9.58. The summed E-state index contributed by atoms with van der Waals surface area (Å²) in [7, 11) is 0. The molecule has 3 aromatic carbocycles. The lowest BCUT2D eigenvalue weighted by Gasteiger charge is -2.17. The van der Waals surface area contributed by atoms with Crippen LogP contribution in [0.4, 0.5) is 31.4 Å². The molecule has 2 N–H and O–H groups in total. The van der Waals surface area contributed by atoms with Crippen LogP contribution < -0.4 is 15.5 Å². The van der Waals surface area contributed by atoms with Gasteiger partial charge in [-0.3, -0.25) is 0 Å². The topological polar surface area (TPSA) is 94.1 Å². The first kappa shape index (κ1) is 19.8. The van der Waals surface area contributed by atoms with Gasteiger partial charge in [0, 0.05) is 11.4 Å². The molecule has 0 aliphatic carbocycles. The van der Waals surface area contributed by atoms with Crippen molar-refractivity contribution in [3.05, 3.63) is 91.0 Å². The van der Waals surface area contributed by atoms with Crippen molar-refractivity contribution in [1.29, 1.82) is 0 Å². The number of rotatable bonds is 3. The highest BCUT2D eigenvalue weighted by atomic mass is 16.2. The van der Waals surface area contributed by atoms with Crippen molar-refractivity contribution in [3.63, 3.8) is 0 Å². The predicted molar refractivity (Wildman–Crippen MR) is 119 cm³/mol. The van der Waals surface area contributed by atoms with Crippen LogP contribution in [0.3, 0.4) is 0 Å². The van der Waals surface area contributed by atoms with Crippen molar-refractivity contribution in [2.75, 3.05) is 22.1 Å². The molecule has 0 atom stereocenters. The molecule has 1 fully saturated rings. The molecule has 4 rings (SSSR count). The zero-order chi connectivity index (χ0) is 21.6. The second-order valence-electron chi connectivity index (χ2n) is 6.66. The van der Waals surface area contributed by atoms with Gasteiger partial charge in [-0.15, -0.1) is 0 Å². The van der Waals surface area contributed by atoms with E-state index in [2.05, 4.69) is 15.6 Å². The Morgan fingerprint density at radius 1 is 0.742 bits per heavy atom. The van der Waals surface area contributed by atoms with E-state index < -0.39 is 18.1 Å². The maximum absolute atomic E-state index is 13.1. The number of nitrogens with zero attached hydrogens (tertiary/aromatic N) is 3. The number of imide groups is 1. The molecule has 0 radical (unpaired) electrons. The number of nitrogens with one attached hydrogen (secondary N) is 2. The third kappa shape index (κ3) is 4.59. The lowest BCUT2D eigenvalue weighted by atomic mass is 10.3. The Kier molecular flexibility index (Phi) is 5.70. The molecule has 0 spiro atoms. The Morgan fingerprint density at radius 3 is 1.84 bits per heavy atom. The Balaban J connectivity index is 1.60. The molecule has 1 saturated heterocycles. The van der Waals surface area contributed by atoms with E-state index in [4.69, 9.17) is 0 Å². The van der Waals surface area contributed by atoms with Gasteiger partial charge in [0.05, 0.1) is 12.2 Å². The normalized spacial score (nSPS) is 14.6. The van der Waals surface area contributed by atoms with Crippen LogP contribution in [0.2, 0.25) is 0 Å². The van der Waals surface area contributed by atoms with Gasteiger partial charge in [0.1, 0.15) is 5.84 Å². The fraction of sp³-hybridized carbons (Fsp3) is 0.0435. The third-order valence-electron chi connectivity index (χ3n) is 4.52. The minimum Gasteiger partial charge on any atom is -0.307 e. The molecule has 0 unspecified atom stereocenters. The quantitative estimate of drug-likeness (QED) is 0.646. The molecule has 1 aliphatic heterocycles. The van der Waals surface area contributed by atoms with Crippen LogP contribution in [-0.2, 0) is 0 Å². The molecule has 31 heavy (non-hydrogen) atoms. The Labute approximate surface area is 178 Å². The van der Waals surface area contributed by atoms with E-state index in [9.17, 15) is 14.4 Å². The highest BCUT2D eigenvalue weighted by Crippen LogP contribution is 2.23. The molecule has 1 aliphatic rings. The van der Waals surface area contributed by atoms with Gasteiger partial charge in [-0.2, -0.15) is 4.99 Å². The molecule has 0 saturated carbocycles. The molecule has 8 heteroatoms. The summed E-state index contributed by atoms with van der Waals surface area (Å²) in [5.41, 5.74) is 1.64. The van der Waals surface area contributed by atoms with Gasteiger partial charge in [-0.05, 0) is 36.4 Å². The number of anilines is 3. The van der Waals surface area contributed by atoms with Gasteiger partial charge in [0.2, 0.25) is 0 Å². The summed E-state index contributed by atoms with van der Waals surface area (Å²) >= 11 is 0. The van der Waals surface area contributed by atoms with E-state index in [0.29, 0.717) is 17.1 Å². The summed E-state index contributed by atoms with van der Waals surface area (Å²) in [6.07, 6.45) is 0. The van der Waals surface area contributed by atoms with Gasteiger partial charge in [0.25, 0.3) is 0 Å². The smallest absolute Gasteiger partial charge is 0.307 e. The molecule has 6 amide bonds. The van der Waals surface area contributed by atoms with Crippen LogP contribution in [0.15, 0.2) is 96.0 Å². The molecule has 0 aromatic heterocycles. The van der Waals surface area contributed by atoms with Crippen LogP contribution in [0, 0.1) is 0 Å². The minimum atomic E-state index is -0.639. The summed E-state index contributed by atoms with van der Waals surface area (Å²) in [6, 6.07) is 24.6. The average Bonchev–Trinajstić information content (AvgIpc) is 3.11. The van der Waals surface area contributed by atoms with E-state index >= 15 is 0 Å². The second kappa shape index (κ2) is 8.91. The number of carbonyl (C=O) groups excluding carboxylic acids is 3. The van der Waals surface area contributed by atoms with Crippen LogP contribution in [-0.4, -0.2) is 35.4 Å². The van der Waals surface area contributed by atoms with Gasteiger partial charge >= 0.3 is 18.1 Å². The van der Waals surface area contributed by atoms with Crippen molar-refractivity contribution >= 4 is 41.0 Å². The van der Waals surface area contributed by atoms with Crippen LogP contribution in [0.25, 0.3) is 0 Å². The monoisotopic (exact) mass is 413 g/mol. The minimum absolute atomic E-state index is 0.144. The predicted octanol–water partition coefficient (Wildman–Crippen LogP) is 4.79. The van der Waals surface area contributed by atoms with Crippen molar-refractivity contribution in [2.45, 2.75) is 0 Å². The Morgan fingerprint density at radius 2 is 1.26 bits per heavy atom. The first-order chi connectivity index (χ1) is 15.1.